The lowest BCUT2D eigenvalue weighted by Gasteiger charge is -2.26. The van der Waals surface area contributed by atoms with Gasteiger partial charge in [0.15, 0.2) is 5.65 Å². The minimum absolute atomic E-state index is 0.126. The van der Waals surface area contributed by atoms with Crippen LogP contribution in [0.2, 0.25) is 0 Å². The van der Waals surface area contributed by atoms with Gasteiger partial charge in [-0.25, -0.2) is 9.97 Å². The van der Waals surface area contributed by atoms with E-state index in [9.17, 15) is 4.79 Å². The molecule has 0 spiro atoms. The van der Waals surface area contributed by atoms with Gasteiger partial charge in [0.1, 0.15) is 17.9 Å². The summed E-state index contributed by atoms with van der Waals surface area (Å²) in [5.41, 5.74) is 1.29. The second kappa shape index (κ2) is 5.60. The minimum atomic E-state index is -0.297. The molecule has 19 heavy (non-hydrogen) atoms. The molecule has 2 aromatic rings. The summed E-state index contributed by atoms with van der Waals surface area (Å²) >= 11 is 0. The lowest BCUT2D eigenvalue weighted by Crippen LogP contribution is -2.36. The van der Waals surface area contributed by atoms with E-state index in [1.54, 1.807) is 12.4 Å². The average Bonchev–Trinajstić information content (AvgIpc) is 2.43. The maximum absolute atomic E-state index is 11.4. The highest BCUT2D eigenvalue weighted by molar-refractivity contribution is 5.77. The number of esters is 1. The molecule has 0 N–H and O–H groups in total. The first-order valence-electron chi connectivity index (χ1n) is 6.03. The molecule has 0 aliphatic heterocycles. The van der Waals surface area contributed by atoms with Crippen LogP contribution in [-0.2, 0) is 9.53 Å². The zero-order chi connectivity index (χ0) is 13.8. The molecule has 0 amide bonds. The molecule has 0 atom stereocenters. The van der Waals surface area contributed by atoms with E-state index in [2.05, 4.69) is 15.0 Å². The van der Waals surface area contributed by atoms with Gasteiger partial charge in [-0.1, -0.05) is 0 Å². The zero-order valence-corrected chi connectivity index (χ0v) is 11.2. The Bertz CT molecular complexity index is 586. The fraction of sp³-hybridized carbons (Fsp3) is 0.385. The topological polar surface area (TPSA) is 68.2 Å². The Hall–Kier alpha value is -2.24. The largest absolute Gasteiger partial charge is 0.468 e. The van der Waals surface area contributed by atoms with E-state index in [0.29, 0.717) is 11.5 Å². The Labute approximate surface area is 111 Å². The molecule has 0 aliphatic carbocycles. The number of pyridine rings is 1. The third kappa shape index (κ3) is 2.96. The van der Waals surface area contributed by atoms with Gasteiger partial charge >= 0.3 is 5.97 Å². The smallest absolute Gasteiger partial charge is 0.325 e. The Kier molecular flexibility index (Phi) is 3.89. The highest BCUT2D eigenvalue weighted by atomic mass is 16.5. The van der Waals surface area contributed by atoms with Crippen molar-refractivity contribution in [2.24, 2.45) is 0 Å². The Morgan fingerprint density at radius 1 is 1.32 bits per heavy atom. The second-order valence-corrected chi connectivity index (χ2v) is 4.37. The van der Waals surface area contributed by atoms with Crippen LogP contribution in [0.15, 0.2) is 24.5 Å². The van der Waals surface area contributed by atoms with Crippen LogP contribution in [0.5, 0.6) is 0 Å². The summed E-state index contributed by atoms with van der Waals surface area (Å²) in [6.07, 6.45) is 3.22. The van der Waals surface area contributed by atoms with E-state index < -0.39 is 0 Å². The molecule has 100 valence electrons. The number of ether oxygens (including phenoxy) is 1. The van der Waals surface area contributed by atoms with Crippen molar-refractivity contribution in [1.29, 1.82) is 0 Å². The molecule has 0 radical (unpaired) electrons. The number of aromatic nitrogens is 3. The summed E-state index contributed by atoms with van der Waals surface area (Å²) in [6.45, 7) is 4.14. The SMILES string of the molecule is COC(=O)CN(c1ccc2nccnc2n1)C(C)C. The van der Waals surface area contributed by atoms with Crippen LogP contribution in [-0.4, -0.2) is 40.6 Å². The minimum Gasteiger partial charge on any atom is -0.468 e. The molecule has 2 heterocycles. The van der Waals surface area contributed by atoms with Crippen LogP contribution in [0, 0.1) is 0 Å². The molecule has 0 fully saturated rings. The monoisotopic (exact) mass is 260 g/mol. The number of carbonyl (C=O) groups is 1. The summed E-state index contributed by atoms with van der Waals surface area (Å²) in [4.78, 5) is 26.1. The van der Waals surface area contributed by atoms with Gasteiger partial charge in [-0.05, 0) is 26.0 Å². The summed E-state index contributed by atoms with van der Waals surface area (Å²) in [5, 5.41) is 0. The molecule has 0 bridgehead atoms. The van der Waals surface area contributed by atoms with E-state index in [4.69, 9.17) is 4.74 Å². The summed E-state index contributed by atoms with van der Waals surface area (Å²) in [7, 11) is 1.38. The molecule has 0 aliphatic rings. The molecule has 6 nitrogen and oxygen atoms in total. The first-order chi connectivity index (χ1) is 9.11. The molecule has 6 heteroatoms. The van der Waals surface area contributed by atoms with E-state index in [0.717, 1.165) is 5.52 Å². The van der Waals surface area contributed by atoms with E-state index in [-0.39, 0.29) is 18.6 Å². The van der Waals surface area contributed by atoms with Crippen LogP contribution >= 0.6 is 0 Å². The quantitative estimate of drug-likeness (QED) is 0.774. The summed E-state index contributed by atoms with van der Waals surface area (Å²) in [5.74, 6) is 0.392. The lowest BCUT2D eigenvalue weighted by molar-refractivity contribution is -0.139. The number of hydrogen-bond donors (Lipinski definition) is 0. The van der Waals surface area contributed by atoms with Crippen LogP contribution in [0.25, 0.3) is 11.2 Å². The van der Waals surface area contributed by atoms with Gasteiger partial charge in [-0.3, -0.25) is 9.78 Å². The van der Waals surface area contributed by atoms with Gasteiger partial charge in [-0.2, -0.15) is 0 Å². The molecule has 0 saturated heterocycles. The molecule has 2 aromatic heterocycles. The molecule has 0 saturated carbocycles. The van der Waals surface area contributed by atoms with Crippen molar-refractivity contribution in [2.45, 2.75) is 19.9 Å². The van der Waals surface area contributed by atoms with Crippen LogP contribution in [0.3, 0.4) is 0 Å². The molecule has 0 unspecified atom stereocenters. The van der Waals surface area contributed by atoms with Gasteiger partial charge < -0.3 is 9.64 Å². The second-order valence-electron chi connectivity index (χ2n) is 4.37. The van der Waals surface area contributed by atoms with Crippen molar-refractivity contribution in [3.63, 3.8) is 0 Å². The van der Waals surface area contributed by atoms with E-state index in [1.807, 2.05) is 30.9 Å². The fourth-order valence-electron chi connectivity index (χ4n) is 1.74. The number of hydrogen-bond acceptors (Lipinski definition) is 6. The summed E-state index contributed by atoms with van der Waals surface area (Å²) < 4.78 is 4.70. The molecule has 2 rings (SSSR count). The van der Waals surface area contributed by atoms with Crippen molar-refractivity contribution in [1.82, 2.24) is 15.0 Å². The van der Waals surface area contributed by atoms with Crippen LogP contribution in [0.4, 0.5) is 5.82 Å². The normalized spacial score (nSPS) is 10.7. The van der Waals surface area contributed by atoms with Crippen LogP contribution in [0.1, 0.15) is 13.8 Å². The average molecular weight is 260 g/mol. The Balaban J connectivity index is 2.36. The highest BCUT2D eigenvalue weighted by Crippen LogP contribution is 2.17. The van der Waals surface area contributed by atoms with E-state index >= 15 is 0 Å². The number of methoxy groups -OCH3 is 1. The van der Waals surface area contributed by atoms with Gasteiger partial charge in [0.05, 0.1) is 7.11 Å². The number of fused-ring (bicyclic) bond motifs is 1. The predicted octanol–water partition coefficient (Wildman–Crippen LogP) is 1.41. The van der Waals surface area contributed by atoms with Gasteiger partial charge in [0, 0.05) is 18.4 Å². The Morgan fingerprint density at radius 3 is 2.74 bits per heavy atom. The van der Waals surface area contributed by atoms with Crippen molar-refractivity contribution in [3.8, 4) is 0 Å². The van der Waals surface area contributed by atoms with E-state index in [1.165, 1.54) is 7.11 Å². The first kappa shape index (κ1) is 13.2. The van der Waals surface area contributed by atoms with Crippen molar-refractivity contribution < 1.29 is 9.53 Å². The molecule has 0 aromatic carbocycles. The number of nitrogens with zero attached hydrogens (tertiary/aromatic N) is 4. The lowest BCUT2D eigenvalue weighted by atomic mass is 10.3. The summed E-state index contributed by atoms with van der Waals surface area (Å²) in [6, 6.07) is 3.80. The maximum Gasteiger partial charge on any atom is 0.325 e. The third-order valence-electron chi connectivity index (χ3n) is 2.76. The van der Waals surface area contributed by atoms with Gasteiger partial charge in [0.2, 0.25) is 0 Å². The third-order valence-corrected chi connectivity index (χ3v) is 2.76. The number of anilines is 1. The Morgan fingerprint density at radius 2 is 2.05 bits per heavy atom. The fourth-order valence-corrected chi connectivity index (χ4v) is 1.74. The number of carbonyl (C=O) groups excluding carboxylic acids is 1. The zero-order valence-electron chi connectivity index (χ0n) is 11.2. The van der Waals surface area contributed by atoms with Crippen molar-refractivity contribution in [2.75, 3.05) is 18.6 Å². The van der Waals surface area contributed by atoms with Crippen molar-refractivity contribution >= 4 is 23.0 Å². The number of rotatable bonds is 4. The maximum atomic E-state index is 11.4. The van der Waals surface area contributed by atoms with Crippen molar-refractivity contribution in [3.05, 3.63) is 24.5 Å². The van der Waals surface area contributed by atoms with Gasteiger partial charge in [-0.15, -0.1) is 0 Å². The van der Waals surface area contributed by atoms with Crippen LogP contribution < -0.4 is 4.90 Å². The molecular weight excluding hydrogens is 244 g/mol. The first-order valence-corrected chi connectivity index (χ1v) is 6.03. The molecular formula is C13H16N4O2. The standard InChI is InChI=1S/C13H16N4O2/c1-9(2)17(8-12(18)19-3)11-5-4-10-13(16-11)15-7-6-14-10/h4-7,9H,8H2,1-3H3. The highest BCUT2D eigenvalue weighted by Gasteiger charge is 2.16. The predicted molar refractivity (Wildman–Crippen MR) is 71.8 cm³/mol. The van der Waals surface area contributed by atoms with Gasteiger partial charge in [0.25, 0.3) is 0 Å².